The second kappa shape index (κ2) is 5.69. The van der Waals surface area contributed by atoms with E-state index in [4.69, 9.17) is 23.2 Å². The number of phenols is 1. The zero-order chi connectivity index (χ0) is 14.9. The molecule has 20 heavy (non-hydrogen) atoms. The highest BCUT2D eigenvalue weighted by Crippen LogP contribution is 2.28. The van der Waals surface area contributed by atoms with Gasteiger partial charge in [-0.15, -0.1) is 0 Å². The Labute approximate surface area is 124 Å². The van der Waals surface area contributed by atoms with Crippen molar-refractivity contribution in [3.8, 4) is 5.75 Å². The van der Waals surface area contributed by atoms with Gasteiger partial charge in [0.15, 0.2) is 0 Å². The van der Waals surface area contributed by atoms with Crippen LogP contribution in [0.15, 0.2) is 30.3 Å². The van der Waals surface area contributed by atoms with Crippen molar-refractivity contribution in [1.82, 2.24) is 0 Å². The van der Waals surface area contributed by atoms with Gasteiger partial charge in [0, 0.05) is 0 Å². The van der Waals surface area contributed by atoms with E-state index in [1.54, 1.807) is 19.1 Å². The molecule has 0 aliphatic carbocycles. The smallest absolute Gasteiger partial charge is 0.257 e. The molecule has 2 N–H and O–H groups in total. The molecule has 0 bridgehead atoms. The van der Waals surface area contributed by atoms with E-state index in [1.807, 2.05) is 0 Å². The molecule has 0 atom stereocenters. The maximum absolute atomic E-state index is 13.4. The molecule has 0 aromatic heterocycles. The van der Waals surface area contributed by atoms with E-state index < -0.39 is 11.7 Å². The van der Waals surface area contributed by atoms with E-state index in [9.17, 15) is 14.3 Å². The van der Waals surface area contributed by atoms with Crippen molar-refractivity contribution in [1.29, 1.82) is 0 Å². The summed E-state index contributed by atoms with van der Waals surface area (Å²) in [7, 11) is 0. The summed E-state index contributed by atoms with van der Waals surface area (Å²) in [4.78, 5) is 12.0. The number of halogens is 3. The van der Waals surface area contributed by atoms with Gasteiger partial charge in [-0.1, -0.05) is 29.3 Å². The summed E-state index contributed by atoms with van der Waals surface area (Å²) >= 11 is 11.4. The van der Waals surface area contributed by atoms with Crippen LogP contribution in [0.5, 0.6) is 5.75 Å². The van der Waals surface area contributed by atoms with Gasteiger partial charge in [-0.25, -0.2) is 4.39 Å². The van der Waals surface area contributed by atoms with Crippen LogP contribution in [0.3, 0.4) is 0 Å². The van der Waals surface area contributed by atoms with Crippen molar-refractivity contribution in [3.63, 3.8) is 0 Å². The average molecular weight is 314 g/mol. The van der Waals surface area contributed by atoms with Crippen molar-refractivity contribution in [3.05, 3.63) is 57.3 Å². The van der Waals surface area contributed by atoms with E-state index in [2.05, 4.69) is 5.32 Å². The number of aromatic hydroxyl groups is 1. The first kappa shape index (κ1) is 14.6. The molecule has 2 aromatic carbocycles. The first-order valence-electron chi connectivity index (χ1n) is 5.64. The normalized spacial score (nSPS) is 10.4. The number of aryl methyl sites for hydroxylation is 1. The van der Waals surface area contributed by atoms with E-state index in [-0.39, 0.29) is 27.0 Å². The van der Waals surface area contributed by atoms with Crippen LogP contribution in [0.2, 0.25) is 10.0 Å². The Morgan fingerprint density at radius 1 is 1.20 bits per heavy atom. The highest BCUT2D eigenvalue weighted by molar-refractivity contribution is 6.37. The Morgan fingerprint density at radius 2 is 1.90 bits per heavy atom. The second-order valence-electron chi connectivity index (χ2n) is 4.22. The van der Waals surface area contributed by atoms with E-state index >= 15 is 0 Å². The molecular weight excluding hydrogens is 304 g/mol. The SMILES string of the molecule is Cc1ccc(NC(=O)c2cc(F)c(Cl)cc2Cl)c(O)c1. The molecule has 0 aliphatic rings. The lowest BCUT2D eigenvalue weighted by atomic mass is 10.1. The summed E-state index contributed by atoms with van der Waals surface area (Å²) < 4.78 is 13.4. The van der Waals surface area contributed by atoms with Crippen molar-refractivity contribution >= 4 is 34.8 Å². The van der Waals surface area contributed by atoms with Gasteiger partial charge in [0.05, 0.1) is 21.3 Å². The molecule has 2 rings (SSSR count). The van der Waals surface area contributed by atoms with Gasteiger partial charge in [-0.2, -0.15) is 0 Å². The highest BCUT2D eigenvalue weighted by atomic mass is 35.5. The molecule has 0 heterocycles. The lowest BCUT2D eigenvalue weighted by Gasteiger charge is -2.09. The number of hydrogen-bond donors (Lipinski definition) is 2. The maximum atomic E-state index is 13.4. The standard InChI is InChI=1S/C14H10Cl2FNO2/c1-7-2-3-12(13(19)4-7)18-14(20)8-5-11(17)10(16)6-9(8)15/h2-6,19H,1H3,(H,18,20). The van der Waals surface area contributed by atoms with Crippen LogP contribution in [0.25, 0.3) is 0 Å². The molecule has 104 valence electrons. The molecule has 3 nitrogen and oxygen atoms in total. The third-order valence-corrected chi connectivity index (χ3v) is 3.26. The Balaban J connectivity index is 2.31. The first-order chi connectivity index (χ1) is 9.38. The molecule has 1 amide bonds. The van der Waals surface area contributed by atoms with Crippen LogP contribution in [0.4, 0.5) is 10.1 Å². The molecule has 0 radical (unpaired) electrons. The molecule has 6 heteroatoms. The number of phenolic OH excluding ortho intramolecular Hbond substituents is 1. The number of anilines is 1. The summed E-state index contributed by atoms with van der Waals surface area (Å²) in [5.74, 6) is -1.46. The quantitative estimate of drug-likeness (QED) is 0.637. The number of benzene rings is 2. The van der Waals surface area contributed by atoms with Gasteiger partial charge in [0.2, 0.25) is 0 Å². The Morgan fingerprint density at radius 3 is 2.55 bits per heavy atom. The summed E-state index contributed by atoms with van der Waals surface area (Å²) in [6.45, 7) is 1.80. The molecule has 0 spiro atoms. The summed E-state index contributed by atoms with van der Waals surface area (Å²) in [6.07, 6.45) is 0. The minimum Gasteiger partial charge on any atom is -0.506 e. The lowest BCUT2D eigenvalue weighted by Crippen LogP contribution is -2.13. The van der Waals surface area contributed by atoms with Gasteiger partial charge >= 0.3 is 0 Å². The van der Waals surface area contributed by atoms with Gasteiger partial charge in [0.25, 0.3) is 5.91 Å². The second-order valence-corrected chi connectivity index (χ2v) is 5.04. The fourth-order valence-electron chi connectivity index (χ4n) is 1.63. The van der Waals surface area contributed by atoms with Crippen molar-refractivity contribution in [2.24, 2.45) is 0 Å². The fraction of sp³-hybridized carbons (Fsp3) is 0.0714. The minimum absolute atomic E-state index is 0.0282. The molecule has 0 saturated carbocycles. The van der Waals surface area contributed by atoms with Crippen LogP contribution >= 0.6 is 23.2 Å². The molecule has 0 fully saturated rings. The van der Waals surface area contributed by atoms with Crippen molar-refractivity contribution in [2.45, 2.75) is 6.92 Å². The van der Waals surface area contributed by atoms with Crippen LogP contribution < -0.4 is 5.32 Å². The Kier molecular flexibility index (Phi) is 4.16. The Hall–Kier alpha value is -1.78. The number of nitrogens with one attached hydrogen (secondary N) is 1. The van der Waals surface area contributed by atoms with Crippen LogP contribution in [-0.2, 0) is 0 Å². The fourth-order valence-corrected chi connectivity index (χ4v) is 2.10. The zero-order valence-electron chi connectivity index (χ0n) is 10.4. The summed E-state index contributed by atoms with van der Waals surface area (Å²) in [5, 5.41) is 12.0. The molecule has 0 aliphatic heterocycles. The lowest BCUT2D eigenvalue weighted by molar-refractivity contribution is 0.102. The third kappa shape index (κ3) is 3.03. The minimum atomic E-state index is -0.741. The van der Waals surface area contributed by atoms with Gasteiger partial charge < -0.3 is 10.4 Å². The van der Waals surface area contributed by atoms with Crippen LogP contribution in [0, 0.1) is 12.7 Å². The summed E-state index contributed by atoms with van der Waals surface area (Å²) in [6, 6.07) is 6.87. The van der Waals surface area contributed by atoms with Gasteiger partial charge in [0.1, 0.15) is 11.6 Å². The van der Waals surface area contributed by atoms with Crippen molar-refractivity contribution < 1.29 is 14.3 Å². The van der Waals surface area contributed by atoms with E-state index in [0.717, 1.165) is 17.7 Å². The topological polar surface area (TPSA) is 49.3 Å². The first-order valence-corrected chi connectivity index (χ1v) is 6.39. The van der Waals surface area contributed by atoms with Gasteiger partial charge in [-0.3, -0.25) is 4.79 Å². The van der Waals surface area contributed by atoms with Gasteiger partial charge in [-0.05, 0) is 36.8 Å². The number of carbonyl (C=O) groups is 1. The number of rotatable bonds is 2. The molecule has 2 aromatic rings. The summed E-state index contributed by atoms with van der Waals surface area (Å²) in [5.41, 5.74) is 0.997. The molecule has 0 saturated heterocycles. The predicted molar refractivity (Wildman–Crippen MR) is 77.2 cm³/mol. The molecule has 0 unspecified atom stereocenters. The molecular formula is C14H10Cl2FNO2. The van der Waals surface area contributed by atoms with Crippen LogP contribution in [0.1, 0.15) is 15.9 Å². The Bertz CT molecular complexity index is 689. The largest absolute Gasteiger partial charge is 0.506 e. The average Bonchev–Trinajstić information content (AvgIpc) is 2.37. The highest BCUT2D eigenvalue weighted by Gasteiger charge is 2.15. The monoisotopic (exact) mass is 313 g/mol. The number of amides is 1. The number of hydrogen-bond acceptors (Lipinski definition) is 2. The third-order valence-electron chi connectivity index (χ3n) is 2.66. The number of carbonyl (C=O) groups excluding carboxylic acids is 1. The van der Waals surface area contributed by atoms with Crippen molar-refractivity contribution in [2.75, 3.05) is 5.32 Å². The zero-order valence-corrected chi connectivity index (χ0v) is 11.9. The van der Waals surface area contributed by atoms with E-state index in [0.29, 0.717) is 0 Å². The predicted octanol–water partition coefficient (Wildman–Crippen LogP) is 4.40. The van der Waals surface area contributed by atoms with E-state index in [1.165, 1.54) is 6.07 Å². The maximum Gasteiger partial charge on any atom is 0.257 e. The van der Waals surface area contributed by atoms with Crippen LogP contribution in [-0.4, -0.2) is 11.0 Å².